The van der Waals surface area contributed by atoms with Crippen LogP contribution in [0.4, 0.5) is 0 Å². The van der Waals surface area contributed by atoms with E-state index in [4.69, 9.17) is 0 Å². The molecule has 0 N–H and O–H groups in total. The first-order valence-electron chi connectivity index (χ1n) is 6.34. The lowest BCUT2D eigenvalue weighted by molar-refractivity contribution is 0.672. The van der Waals surface area contributed by atoms with Crippen LogP contribution in [0.15, 0.2) is 29.5 Å². The second kappa shape index (κ2) is 7.21. The van der Waals surface area contributed by atoms with Gasteiger partial charge >= 0.3 is 0 Å². The number of allylic oxidation sites excluding steroid dienone is 3. The Hall–Kier alpha value is -0.173. The summed E-state index contributed by atoms with van der Waals surface area (Å²) in [5, 5.41) is 0. The third kappa shape index (κ3) is 7.16. The van der Waals surface area contributed by atoms with E-state index in [0.29, 0.717) is 0 Å². The van der Waals surface area contributed by atoms with Gasteiger partial charge in [0.05, 0.1) is 0 Å². The zero-order valence-electron chi connectivity index (χ0n) is 10.9. The van der Waals surface area contributed by atoms with Gasteiger partial charge in [-0.2, -0.15) is 11.2 Å². The van der Waals surface area contributed by atoms with Crippen LogP contribution in [-0.2, 0) is 0 Å². The Balaban J connectivity index is 1.89. The van der Waals surface area contributed by atoms with Crippen LogP contribution in [0.5, 0.6) is 0 Å². The summed E-state index contributed by atoms with van der Waals surface area (Å²) in [4.78, 5) is 0. The van der Waals surface area contributed by atoms with Crippen molar-refractivity contribution in [3.8, 4) is 0 Å². The molecule has 0 spiro atoms. The van der Waals surface area contributed by atoms with Crippen molar-refractivity contribution in [1.82, 2.24) is 0 Å². The van der Waals surface area contributed by atoms with Crippen LogP contribution in [-0.4, -0.2) is 13.0 Å². The second-order valence-corrected chi connectivity index (χ2v) is 14.8. The van der Waals surface area contributed by atoms with Gasteiger partial charge in [0.25, 0.3) is 0 Å². The maximum atomic E-state index is 3.26. The average Bonchev–Trinajstić information content (AvgIpc) is 2.67. The summed E-state index contributed by atoms with van der Waals surface area (Å²) in [5.41, 5.74) is 4.65. The fourth-order valence-electron chi connectivity index (χ4n) is 1.67. The van der Waals surface area contributed by atoms with Gasteiger partial charge in [-0.3, -0.25) is 0 Å². The highest BCUT2D eigenvalue weighted by molar-refractivity contribution is 8.28. The molecule has 1 rings (SSSR count). The molecule has 1 aliphatic rings. The van der Waals surface area contributed by atoms with Crippen LogP contribution < -0.4 is 0 Å². The largest absolute Gasteiger partial charge is 0.186 e. The quantitative estimate of drug-likeness (QED) is 0.327. The molecule has 0 saturated heterocycles. The topological polar surface area (TPSA) is 0 Å². The van der Waals surface area contributed by atoms with E-state index >= 15 is 0 Å². The molecular weight excluding hydrogens is 228 g/mol. The van der Waals surface area contributed by atoms with Crippen molar-refractivity contribution < 1.29 is 0 Å². The number of unbranched alkanes of at least 4 members (excludes halogenated alkanes) is 3. The second-order valence-electron chi connectivity index (χ2n) is 5.32. The SMILES string of the molecule is C[Si](C)(C)SCCCCCCC1=C=CC=C1. The van der Waals surface area contributed by atoms with E-state index in [-0.39, 0.29) is 0 Å². The van der Waals surface area contributed by atoms with E-state index in [9.17, 15) is 0 Å². The lowest BCUT2D eigenvalue weighted by Gasteiger charge is -2.14. The maximum Gasteiger partial charge on any atom is 0.108 e. The van der Waals surface area contributed by atoms with Gasteiger partial charge in [0, 0.05) is 0 Å². The minimum atomic E-state index is -0.858. The van der Waals surface area contributed by atoms with Gasteiger partial charge in [0.15, 0.2) is 0 Å². The van der Waals surface area contributed by atoms with Crippen LogP contribution in [0.3, 0.4) is 0 Å². The van der Waals surface area contributed by atoms with Crippen molar-refractivity contribution in [2.45, 2.75) is 51.7 Å². The van der Waals surface area contributed by atoms with Crippen LogP contribution >= 0.6 is 11.2 Å². The van der Waals surface area contributed by atoms with Crippen LogP contribution in [0.2, 0.25) is 19.6 Å². The van der Waals surface area contributed by atoms with Crippen LogP contribution in [0, 0.1) is 0 Å². The smallest absolute Gasteiger partial charge is 0.108 e. The molecule has 0 unspecified atom stereocenters. The first-order chi connectivity index (χ1) is 7.58. The zero-order chi connectivity index (χ0) is 11.9. The Morgan fingerprint density at radius 1 is 1.12 bits per heavy atom. The normalized spacial score (nSPS) is 14.6. The molecule has 0 nitrogen and oxygen atoms in total. The van der Waals surface area contributed by atoms with E-state index in [1.165, 1.54) is 43.4 Å². The molecule has 0 saturated carbocycles. The highest BCUT2D eigenvalue weighted by atomic mass is 32.4. The number of hydrogen-bond donors (Lipinski definition) is 0. The van der Waals surface area contributed by atoms with Gasteiger partial charge in [-0.05, 0) is 36.7 Å². The predicted molar refractivity (Wildman–Crippen MR) is 79.6 cm³/mol. The van der Waals surface area contributed by atoms with Crippen molar-refractivity contribution >= 4 is 18.4 Å². The highest BCUT2D eigenvalue weighted by Gasteiger charge is 2.12. The Morgan fingerprint density at radius 3 is 2.50 bits per heavy atom. The first-order valence-corrected chi connectivity index (χ1v) is 11.6. The summed E-state index contributed by atoms with van der Waals surface area (Å²) in [6, 6.07) is 0. The molecule has 0 bridgehead atoms. The predicted octanol–water partition coefficient (Wildman–Crippen LogP) is 5.16. The third-order valence-corrected chi connectivity index (χ3v) is 7.11. The maximum absolute atomic E-state index is 3.26. The molecule has 0 fully saturated rings. The van der Waals surface area contributed by atoms with Gasteiger partial charge in [0.1, 0.15) is 7.22 Å². The van der Waals surface area contributed by atoms with Crippen molar-refractivity contribution in [3.05, 3.63) is 29.5 Å². The minimum absolute atomic E-state index is 0.858. The Morgan fingerprint density at radius 2 is 1.88 bits per heavy atom. The summed E-state index contributed by atoms with van der Waals surface area (Å²) < 4.78 is 0. The standard InChI is InChI=1S/C14H24SSi/c1-16(2,3)15-13-9-5-4-6-10-14-11-7-8-12-14/h7-8,11H,4-6,9-10,13H2,1-3H3. The lowest BCUT2D eigenvalue weighted by atomic mass is 10.1. The van der Waals surface area contributed by atoms with Gasteiger partial charge < -0.3 is 0 Å². The number of rotatable bonds is 8. The minimum Gasteiger partial charge on any atom is -0.186 e. The van der Waals surface area contributed by atoms with E-state index in [1.54, 1.807) is 0 Å². The summed E-state index contributed by atoms with van der Waals surface area (Å²) in [6.45, 7) is 7.30. The molecule has 16 heavy (non-hydrogen) atoms. The fourth-order valence-corrected chi connectivity index (χ4v) is 4.90. The molecule has 0 aromatic rings. The van der Waals surface area contributed by atoms with E-state index < -0.39 is 7.22 Å². The van der Waals surface area contributed by atoms with Gasteiger partial charge in [-0.15, -0.1) is 5.73 Å². The van der Waals surface area contributed by atoms with Gasteiger partial charge in [-0.25, -0.2) is 0 Å². The molecule has 0 atom stereocenters. The Bertz CT molecular complexity index is 290. The molecule has 0 radical (unpaired) electrons. The lowest BCUT2D eigenvalue weighted by Crippen LogP contribution is -2.14. The van der Waals surface area contributed by atoms with Crippen molar-refractivity contribution in [1.29, 1.82) is 0 Å². The summed E-state index contributed by atoms with van der Waals surface area (Å²) in [5.74, 6) is 1.37. The molecule has 2 heteroatoms. The van der Waals surface area contributed by atoms with Crippen molar-refractivity contribution in [2.75, 3.05) is 5.75 Å². The molecule has 0 aliphatic heterocycles. The first kappa shape index (κ1) is 13.9. The Labute approximate surface area is 106 Å². The molecule has 0 aromatic carbocycles. The van der Waals surface area contributed by atoms with Gasteiger partial charge in [0.2, 0.25) is 0 Å². The molecule has 0 heterocycles. The molecular formula is C14H24SSi. The van der Waals surface area contributed by atoms with Crippen molar-refractivity contribution in [3.63, 3.8) is 0 Å². The summed E-state index contributed by atoms with van der Waals surface area (Å²) in [7, 11) is -0.858. The molecule has 1 aliphatic carbocycles. The van der Waals surface area contributed by atoms with Gasteiger partial charge in [-0.1, -0.05) is 44.6 Å². The van der Waals surface area contributed by atoms with E-state index in [1.807, 2.05) is 6.08 Å². The third-order valence-electron chi connectivity index (χ3n) is 2.54. The zero-order valence-corrected chi connectivity index (χ0v) is 12.7. The molecule has 0 aromatic heterocycles. The van der Waals surface area contributed by atoms with Crippen molar-refractivity contribution in [2.24, 2.45) is 0 Å². The van der Waals surface area contributed by atoms with Crippen LogP contribution in [0.1, 0.15) is 32.1 Å². The number of hydrogen-bond acceptors (Lipinski definition) is 1. The average molecular weight is 252 g/mol. The highest BCUT2D eigenvalue weighted by Crippen LogP contribution is 2.21. The summed E-state index contributed by atoms with van der Waals surface area (Å²) >= 11 is 2.22. The monoisotopic (exact) mass is 252 g/mol. The summed E-state index contributed by atoms with van der Waals surface area (Å²) in [6.07, 6.45) is 13.0. The Kier molecular flexibility index (Phi) is 6.26. The molecule has 90 valence electrons. The molecule has 0 amide bonds. The van der Waals surface area contributed by atoms with E-state index in [2.05, 4.69) is 48.7 Å². The van der Waals surface area contributed by atoms with Crippen LogP contribution in [0.25, 0.3) is 0 Å². The van der Waals surface area contributed by atoms with E-state index in [0.717, 1.165) is 0 Å². The fraction of sp³-hybridized carbons (Fsp3) is 0.643.